The molecule has 0 radical (unpaired) electrons. The van der Waals surface area contributed by atoms with Crippen molar-refractivity contribution in [2.45, 2.75) is 19.4 Å². The van der Waals surface area contributed by atoms with Gasteiger partial charge in [0.25, 0.3) is 0 Å². The quantitative estimate of drug-likeness (QED) is 0.497. The lowest BCUT2D eigenvalue weighted by molar-refractivity contribution is -0.128. The molecule has 14 heavy (non-hydrogen) atoms. The van der Waals surface area contributed by atoms with Gasteiger partial charge in [0, 0.05) is 13.5 Å². The number of carbonyl (C=O) groups is 3. The van der Waals surface area contributed by atoms with Crippen LogP contribution in [0.5, 0.6) is 0 Å². The summed E-state index contributed by atoms with van der Waals surface area (Å²) < 4.78 is 0. The van der Waals surface area contributed by atoms with Gasteiger partial charge in [0.2, 0.25) is 17.7 Å². The highest BCUT2D eigenvalue weighted by Gasteiger charge is 2.25. The molecule has 0 aromatic rings. The molecule has 0 saturated carbocycles. The third-order valence-electron chi connectivity index (χ3n) is 1.88. The van der Waals surface area contributed by atoms with Crippen LogP contribution in [0.1, 0.15) is 13.3 Å². The minimum atomic E-state index is -0.448. The van der Waals surface area contributed by atoms with E-state index in [1.807, 2.05) is 0 Å². The van der Waals surface area contributed by atoms with Crippen LogP contribution >= 0.6 is 0 Å². The molecule has 0 aromatic heterocycles. The molecule has 78 valence electrons. The molecular weight excluding hydrogens is 186 g/mol. The van der Waals surface area contributed by atoms with Crippen LogP contribution in [-0.4, -0.2) is 36.9 Å². The highest BCUT2D eigenvalue weighted by molar-refractivity contribution is 5.90. The molecule has 0 spiro atoms. The van der Waals surface area contributed by atoms with E-state index in [0.29, 0.717) is 13.0 Å². The van der Waals surface area contributed by atoms with E-state index in [9.17, 15) is 14.4 Å². The zero-order valence-electron chi connectivity index (χ0n) is 7.92. The van der Waals surface area contributed by atoms with Crippen molar-refractivity contribution in [3.05, 3.63) is 0 Å². The fourth-order valence-electron chi connectivity index (χ4n) is 1.18. The van der Waals surface area contributed by atoms with Gasteiger partial charge in [-0.05, 0) is 6.42 Å². The van der Waals surface area contributed by atoms with Gasteiger partial charge >= 0.3 is 0 Å². The van der Waals surface area contributed by atoms with Crippen LogP contribution in [0.4, 0.5) is 0 Å². The maximum atomic E-state index is 11.1. The molecule has 1 heterocycles. The Morgan fingerprint density at radius 3 is 2.79 bits per heavy atom. The van der Waals surface area contributed by atoms with E-state index in [1.165, 1.54) is 6.92 Å². The monoisotopic (exact) mass is 199 g/mol. The van der Waals surface area contributed by atoms with E-state index in [4.69, 9.17) is 0 Å². The Balaban J connectivity index is 2.26. The van der Waals surface area contributed by atoms with Gasteiger partial charge in [-0.3, -0.25) is 14.4 Å². The molecule has 6 nitrogen and oxygen atoms in total. The summed E-state index contributed by atoms with van der Waals surface area (Å²) in [6.45, 7) is 1.83. The lowest BCUT2D eigenvalue weighted by atomic mass is 10.2. The highest BCUT2D eigenvalue weighted by atomic mass is 16.2. The molecule has 0 aromatic carbocycles. The molecule has 0 unspecified atom stereocenters. The lowest BCUT2D eigenvalue weighted by Gasteiger charge is -2.09. The fraction of sp³-hybridized carbons (Fsp3) is 0.625. The molecule has 0 bridgehead atoms. The van der Waals surface area contributed by atoms with E-state index in [2.05, 4.69) is 16.0 Å². The maximum Gasteiger partial charge on any atom is 0.242 e. The molecular formula is C8H13N3O3. The van der Waals surface area contributed by atoms with Gasteiger partial charge in [0.15, 0.2) is 0 Å². The zero-order chi connectivity index (χ0) is 10.6. The molecule has 1 aliphatic heterocycles. The van der Waals surface area contributed by atoms with Gasteiger partial charge in [-0.15, -0.1) is 0 Å². The summed E-state index contributed by atoms with van der Waals surface area (Å²) in [7, 11) is 0. The first kappa shape index (κ1) is 10.5. The van der Waals surface area contributed by atoms with E-state index in [1.54, 1.807) is 0 Å². The third kappa shape index (κ3) is 3.04. The standard InChI is InChI=1S/C8H13N3O3/c1-5(12)10-4-7(13)11-6-2-3-9-8(6)14/h6H,2-4H2,1H3,(H,9,14)(H,10,12)(H,11,13)/t6-/m0/s1. The number of amides is 3. The molecule has 3 amide bonds. The number of nitrogens with one attached hydrogen (secondary N) is 3. The first-order chi connectivity index (χ1) is 6.59. The van der Waals surface area contributed by atoms with E-state index >= 15 is 0 Å². The molecule has 1 saturated heterocycles. The Labute approximate surface area is 81.4 Å². The lowest BCUT2D eigenvalue weighted by Crippen LogP contribution is -2.44. The van der Waals surface area contributed by atoms with Crippen LogP contribution in [-0.2, 0) is 14.4 Å². The van der Waals surface area contributed by atoms with Crippen molar-refractivity contribution >= 4 is 17.7 Å². The predicted octanol–water partition coefficient (Wildman–Crippen LogP) is -1.87. The second kappa shape index (κ2) is 4.59. The largest absolute Gasteiger partial charge is 0.354 e. The van der Waals surface area contributed by atoms with E-state index < -0.39 is 6.04 Å². The number of hydrogen-bond donors (Lipinski definition) is 3. The normalized spacial score (nSPS) is 20.1. The van der Waals surface area contributed by atoms with E-state index in [-0.39, 0.29) is 24.3 Å². The van der Waals surface area contributed by atoms with Crippen molar-refractivity contribution in [3.8, 4) is 0 Å². The Morgan fingerprint density at radius 1 is 1.57 bits per heavy atom. The summed E-state index contributed by atoms with van der Waals surface area (Å²) in [5.74, 6) is -0.778. The van der Waals surface area contributed by atoms with Crippen LogP contribution < -0.4 is 16.0 Å². The van der Waals surface area contributed by atoms with Crippen molar-refractivity contribution in [2.24, 2.45) is 0 Å². The Bertz CT molecular complexity index is 265. The summed E-state index contributed by atoms with van der Waals surface area (Å²) in [4.78, 5) is 32.7. The van der Waals surface area contributed by atoms with Gasteiger partial charge in [-0.1, -0.05) is 0 Å². The minimum absolute atomic E-state index is 0.0842. The predicted molar refractivity (Wildman–Crippen MR) is 48.2 cm³/mol. The van der Waals surface area contributed by atoms with Crippen molar-refractivity contribution < 1.29 is 14.4 Å². The summed E-state index contributed by atoms with van der Waals surface area (Å²) in [5.41, 5.74) is 0. The average molecular weight is 199 g/mol. The minimum Gasteiger partial charge on any atom is -0.354 e. The molecule has 1 fully saturated rings. The van der Waals surface area contributed by atoms with Crippen LogP contribution in [0.2, 0.25) is 0 Å². The first-order valence-corrected chi connectivity index (χ1v) is 4.41. The van der Waals surface area contributed by atoms with Gasteiger partial charge in [0.05, 0.1) is 6.54 Å². The van der Waals surface area contributed by atoms with Gasteiger partial charge in [-0.2, -0.15) is 0 Å². The van der Waals surface area contributed by atoms with Crippen LogP contribution in [0.15, 0.2) is 0 Å². The van der Waals surface area contributed by atoms with Gasteiger partial charge in [-0.25, -0.2) is 0 Å². The molecule has 1 rings (SSSR count). The molecule has 1 atom stereocenters. The van der Waals surface area contributed by atoms with Crippen molar-refractivity contribution in [1.82, 2.24) is 16.0 Å². The Hall–Kier alpha value is -1.59. The fourth-order valence-corrected chi connectivity index (χ4v) is 1.18. The number of carbonyl (C=O) groups excluding carboxylic acids is 3. The smallest absolute Gasteiger partial charge is 0.242 e. The SMILES string of the molecule is CC(=O)NCC(=O)N[C@H]1CCNC1=O. The summed E-state index contributed by atoms with van der Waals surface area (Å²) in [6.07, 6.45) is 0.602. The molecule has 0 aliphatic carbocycles. The maximum absolute atomic E-state index is 11.1. The van der Waals surface area contributed by atoms with Crippen molar-refractivity contribution in [1.29, 1.82) is 0 Å². The summed E-state index contributed by atoms with van der Waals surface area (Å²) in [5, 5.41) is 7.47. The topological polar surface area (TPSA) is 87.3 Å². The molecule has 3 N–H and O–H groups in total. The van der Waals surface area contributed by atoms with Crippen LogP contribution in [0.25, 0.3) is 0 Å². The third-order valence-corrected chi connectivity index (χ3v) is 1.88. The van der Waals surface area contributed by atoms with Crippen LogP contribution in [0, 0.1) is 0 Å². The average Bonchev–Trinajstić information content (AvgIpc) is 2.49. The van der Waals surface area contributed by atoms with Gasteiger partial charge < -0.3 is 16.0 Å². The Morgan fingerprint density at radius 2 is 2.29 bits per heavy atom. The number of rotatable bonds is 3. The Kier molecular flexibility index (Phi) is 3.44. The van der Waals surface area contributed by atoms with E-state index in [0.717, 1.165) is 0 Å². The highest BCUT2D eigenvalue weighted by Crippen LogP contribution is 1.98. The van der Waals surface area contributed by atoms with Crippen molar-refractivity contribution in [3.63, 3.8) is 0 Å². The second-order valence-corrected chi connectivity index (χ2v) is 3.11. The summed E-state index contributed by atoms with van der Waals surface area (Å²) >= 11 is 0. The second-order valence-electron chi connectivity index (χ2n) is 3.11. The van der Waals surface area contributed by atoms with Crippen molar-refractivity contribution in [2.75, 3.05) is 13.1 Å². The molecule has 1 aliphatic rings. The van der Waals surface area contributed by atoms with Gasteiger partial charge in [0.1, 0.15) is 6.04 Å². The first-order valence-electron chi connectivity index (χ1n) is 4.41. The summed E-state index contributed by atoms with van der Waals surface area (Å²) in [6, 6.07) is -0.448. The number of hydrogen-bond acceptors (Lipinski definition) is 3. The van der Waals surface area contributed by atoms with Crippen LogP contribution in [0.3, 0.4) is 0 Å². The zero-order valence-corrected chi connectivity index (χ0v) is 7.92. The molecule has 6 heteroatoms.